The molecule has 1 saturated heterocycles. The monoisotopic (exact) mass is 355 g/mol. The molecule has 1 aromatic carbocycles. The number of aromatic nitrogens is 4. The molecule has 0 saturated carbocycles. The van der Waals surface area contributed by atoms with Crippen LogP contribution in [0.3, 0.4) is 0 Å². The molecule has 0 aliphatic carbocycles. The third-order valence-corrected chi connectivity index (χ3v) is 5.21. The van der Waals surface area contributed by atoms with Crippen LogP contribution in [-0.4, -0.2) is 42.2 Å². The van der Waals surface area contributed by atoms with Gasteiger partial charge in [0.1, 0.15) is 11.0 Å². The van der Waals surface area contributed by atoms with Crippen molar-refractivity contribution in [3.63, 3.8) is 0 Å². The second kappa shape index (κ2) is 6.72. The maximum Gasteiger partial charge on any atom is 0.253 e. The Labute approximate surface area is 148 Å². The van der Waals surface area contributed by atoms with Gasteiger partial charge >= 0.3 is 0 Å². The van der Waals surface area contributed by atoms with Gasteiger partial charge in [0.2, 0.25) is 0 Å². The fraction of sp³-hybridized carbons (Fsp3) is 0.353. The third-order valence-electron chi connectivity index (χ3n) is 4.65. The molecule has 0 N–H and O–H groups in total. The molecule has 0 spiro atoms. The number of hydrogen-bond donors (Lipinski definition) is 0. The molecule has 4 rings (SSSR count). The predicted molar refractivity (Wildman–Crippen MR) is 94.5 cm³/mol. The molecule has 128 valence electrons. The SMILES string of the molecule is O=C(c1ccc2nsnc2c1)N1CCC(Cn2cnccc2=O)CC1. The van der Waals surface area contributed by atoms with Gasteiger partial charge < -0.3 is 4.90 Å². The van der Waals surface area contributed by atoms with Gasteiger partial charge in [-0.1, -0.05) is 0 Å². The summed E-state index contributed by atoms with van der Waals surface area (Å²) in [5, 5.41) is 0. The number of hydrogen-bond acceptors (Lipinski definition) is 6. The summed E-state index contributed by atoms with van der Waals surface area (Å²) in [5.41, 5.74) is 2.21. The van der Waals surface area contributed by atoms with E-state index in [4.69, 9.17) is 0 Å². The van der Waals surface area contributed by atoms with Crippen molar-refractivity contribution in [2.45, 2.75) is 19.4 Å². The van der Waals surface area contributed by atoms with E-state index in [1.807, 2.05) is 23.1 Å². The fourth-order valence-electron chi connectivity index (χ4n) is 3.21. The van der Waals surface area contributed by atoms with Crippen LogP contribution in [0.4, 0.5) is 0 Å². The summed E-state index contributed by atoms with van der Waals surface area (Å²) in [6.07, 6.45) is 4.85. The van der Waals surface area contributed by atoms with E-state index in [2.05, 4.69) is 13.7 Å². The van der Waals surface area contributed by atoms with Crippen LogP contribution in [0.15, 0.2) is 41.6 Å². The van der Waals surface area contributed by atoms with E-state index < -0.39 is 0 Å². The molecule has 8 heteroatoms. The smallest absolute Gasteiger partial charge is 0.253 e. The molecule has 3 aromatic rings. The average molecular weight is 355 g/mol. The Bertz CT molecular complexity index is 959. The first kappa shape index (κ1) is 15.9. The van der Waals surface area contributed by atoms with Gasteiger partial charge in [-0.15, -0.1) is 0 Å². The molecule has 0 radical (unpaired) electrons. The van der Waals surface area contributed by atoms with E-state index in [1.54, 1.807) is 10.9 Å². The largest absolute Gasteiger partial charge is 0.339 e. The van der Waals surface area contributed by atoms with Gasteiger partial charge in [-0.25, -0.2) is 4.98 Å². The highest BCUT2D eigenvalue weighted by Gasteiger charge is 2.24. The minimum atomic E-state index is -0.0290. The Kier molecular flexibility index (Phi) is 4.27. The van der Waals surface area contributed by atoms with E-state index in [0.29, 0.717) is 31.1 Å². The molecule has 7 nitrogen and oxygen atoms in total. The topological polar surface area (TPSA) is 81.0 Å². The standard InChI is InChI=1S/C17H17N5O2S/c23-16-3-6-18-11-22(16)10-12-4-7-21(8-5-12)17(24)13-1-2-14-15(9-13)20-25-19-14/h1-3,6,9,11-12H,4-5,7-8,10H2. The molecule has 1 fully saturated rings. The number of carbonyl (C=O) groups excluding carboxylic acids is 1. The zero-order valence-corrected chi connectivity index (χ0v) is 14.4. The van der Waals surface area contributed by atoms with Crippen LogP contribution in [0.5, 0.6) is 0 Å². The lowest BCUT2D eigenvalue weighted by Crippen LogP contribution is -2.40. The highest BCUT2D eigenvalue weighted by Crippen LogP contribution is 2.21. The van der Waals surface area contributed by atoms with Crippen LogP contribution in [0.25, 0.3) is 11.0 Å². The highest BCUT2D eigenvalue weighted by molar-refractivity contribution is 7.00. The molecule has 2 aromatic heterocycles. The van der Waals surface area contributed by atoms with E-state index in [1.165, 1.54) is 12.3 Å². The molecular weight excluding hydrogens is 338 g/mol. The molecule has 1 amide bonds. The molecular formula is C17H17N5O2S. The zero-order chi connectivity index (χ0) is 17.2. The summed E-state index contributed by atoms with van der Waals surface area (Å²) in [4.78, 5) is 30.4. The summed E-state index contributed by atoms with van der Waals surface area (Å²) in [5.74, 6) is 0.420. The first-order valence-corrected chi connectivity index (χ1v) is 8.96. The maximum absolute atomic E-state index is 12.7. The van der Waals surface area contributed by atoms with E-state index >= 15 is 0 Å². The van der Waals surface area contributed by atoms with Crippen molar-refractivity contribution in [2.24, 2.45) is 5.92 Å². The van der Waals surface area contributed by atoms with Gasteiger partial charge in [0.15, 0.2) is 0 Å². The Hall–Kier alpha value is -2.61. The number of amides is 1. The number of benzene rings is 1. The predicted octanol–water partition coefficient (Wildman–Crippen LogP) is 1.80. The van der Waals surface area contributed by atoms with Crippen LogP contribution in [0.2, 0.25) is 0 Å². The number of nitrogens with zero attached hydrogens (tertiary/aromatic N) is 5. The minimum Gasteiger partial charge on any atom is -0.339 e. The first-order valence-electron chi connectivity index (χ1n) is 8.23. The van der Waals surface area contributed by atoms with Crippen molar-refractivity contribution in [1.29, 1.82) is 0 Å². The molecule has 0 bridgehead atoms. The first-order chi connectivity index (χ1) is 12.2. The molecule has 1 aliphatic rings. The van der Waals surface area contributed by atoms with Crippen molar-refractivity contribution >= 4 is 28.7 Å². The van der Waals surface area contributed by atoms with Gasteiger partial charge in [-0.2, -0.15) is 8.75 Å². The normalized spacial score (nSPS) is 15.6. The van der Waals surface area contributed by atoms with Gasteiger partial charge in [0, 0.05) is 37.5 Å². The lowest BCUT2D eigenvalue weighted by atomic mass is 9.96. The number of rotatable bonds is 3. The number of carbonyl (C=O) groups is 1. The summed E-state index contributed by atoms with van der Waals surface area (Å²) in [6, 6.07) is 6.94. The highest BCUT2D eigenvalue weighted by atomic mass is 32.1. The lowest BCUT2D eigenvalue weighted by molar-refractivity contribution is 0.0682. The van der Waals surface area contributed by atoms with E-state index in [9.17, 15) is 9.59 Å². The molecule has 0 atom stereocenters. The van der Waals surface area contributed by atoms with Crippen LogP contribution in [0.1, 0.15) is 23.2 Å². The fourth-order valence-corrected chi connectivity index (χ4v) is 3.73. The van der Waals surface area contributed by atoms with Crippen molar-refractivity contribution in [2.75, 3.05) is 13.1 Å². The average Bonchev–Trinajstić information content (AvgIpc) is 3.11. The van der Waals surface area contributed by atoms with Crippen LogP contribution >= 0.6 is 11.7 Å². The number of likely N-dealkylation sites (tertiary alicyclic amines) is 1. The Balaban J connectivity index is 1.40. The van der Waals surface area contributed by atoms with Gasteiger partial charge in [0.25, 0.3) is 11.5 Å². The Morgan fingerprint density at radius 1 is 1.16 bits per heavy atom. The molecule has 25 heavy (non-hydrogen) atoms. The van der Waals surface area contributed by atoms with Gasteiger partial charge in [-0.05, 0) is 37.0 Å². The summed E-state index contributed by atoms with van der Waals surface area (Å²) < 4.78 is 10.0. The molecule has 1 aliphatic heterocycles. The van der Waals surface area contributed by atoms with Crippen LogP contribution in [0, 0.1) is 5.92 Å². The quantitative estimate of drug-likeness (QED) is 0.716. The van der Waals surface area contributed by atoms with Crippen LogP contribution in [-0.2, 0) is 6.54 Å². The Morgan fingerprint density at radius 3 is 2.76 bits per heavy atom. The van der Waals surface area contributed by atoms with Gasteiger partial charge in [0.05, 0.1) is 18.1 Å². The second-order valence-electron chi connectivity index (χ2n) is 6.27. The summed E-state index contributed by atoms with van der Waals surface area (Å²) in [7, 11) is 0. The van der Waals surface area contributed by atoms with Crippen molar-refractivity contribution in [3.8, 4) is 0 Å². The van der Waals surface area contributed by atoms with Crippen molar-refractivity contribution in [3.05, 3.63) is 52.7 Å². The van der Waals surface area contributed by atoms with Crippen LogP contribution < -0.4 is 5.56 Å². The third kappa shape index (κ3) is 3.30. The van der Waals surface area contributed by atoms with Crippen molar-refractivity contribution in [1.82, 2.24) is 23.2 Å². The number of piperidine rings is 1. The number of fused-ring (bicyclic) bond motifs is 1. The Morgan fingerprint density at radius 2 is 1.96 bits per heavy atom. The minimum absolute atomic E-state index is 0.0290. The summed E-state index contributed by atoms with van der Waals surface area (Å²) in [6.45, 7) is 2.06. The summed E-state index contributed by atoms with van der Waals surface area (Å²) >= 11 is 1.15. The zero-order valence-electron chi connectivity index (χ0n) is 13.5. The van der Waals surface area contributed by atoms with E-state index in [-0.39, 0.29) is 11.5 Å². The molecule has 3 heterocycles. The van der Waals surface area contributed by atoms with Crippen molar-refractivity contribution < 1.29 is 4.79 Å². The van der Waals surface area contributed by atoms with E-state index in [0.717, 1.165) is 35.6 Å². The second-order valence-corrected chi connectivity index (χ2v) is 6.80. The maximum atomic E-state index is 12.7. The molecule has 0 unspecified atom stereocenters. The lowest BCUT2D eigenvalue weighted by Gasteiger charge is -2.32. The van der Waals surface area contributed by atoms with Gasteiger partial charge in [-0.3, -0.25) is 14.2 Å².